The molecular weight excluding hydrogens is 212 g/mol. The Labute approximate surface area is 93.2 Å². The van der Waals surface area contributed by atoms with Crippen LogP contribution in [0.5, 0.6) is 0 Å². The van der Waals surface area contributed by atoms with Crippen molar-refractivity contribution in [2.75, 3.05) is 5.75 Å². The maximum atomic E-state index is 5.64. The summed E-state index contributed by atoms with van der Waals surface area (Å²) in [6, 6.07) is 4.61. The van der Waals surface area contributed by atoms with Gasteiger partial charge in [-0.3, -0.25) is 11.3 Å². The van der Waals surface area contributed by atoms with Crippen LogP contribution in [-0.4, -0.2) is 11.0 Å². The second-order valence-electron chi connectivity index (χ2n) is 3.56. The lowest BCUT2D eigenvalue weighted by molar-refractivity contribution is 0.498. The summed E-state index contributed by atoms with van der Waals surface area (Å²) in [4.78, 5) is 1.37. The van der Waals surface area contributed by atoms with Crippen molar-refractivity contribution >= 4 is 23.1 Å². The van der Waals surface area contributed by atoms with E-state index >= 15 is 0 Å². The molecule has 1 saturated heterocycles. The quantitative estimate of drug-likeness (QED) is 0.617. The number of hydrogen-bond acceptors (Lipinski definition) is 4. The van der Waals surface area contributed by atoms with Gasteiger partial charge in [0, 0.05) is 10.1 Å². The van der Waals surface area contributed by atoms with E-state index in [0.29, 0.717) is 11.3 Å². The summed E-state index contributed by atoms with van der Waals surface area (Å²) in [5, 5.41) is 2.78. The summed E-state index contributed by atoms with van der Waals surface area (Å²) in [6.45, 7) is 0. The highest BCUT2D eigenvalue weighted by Crippen LogP contribution is 2.35. The summed E-state index contributed by atoms with van der Waals surface area (Å²) in [5.74, 6) is 6.92. The summed E-state index contributed by atoms with van der Waals surface area (Å²) in [7, 11) is 0. The predicted molar refractivity (Wildman–Crippen MR) is 64.5 cm³/mol. The number of thiophene rings is 1. The number of thioether (sulfide) groups is 1. The second-order valence-corrected chi connectivity index (χ2v) is 5.89. The second kappa shape index (κ2) is 5.16. The average Bonchev–Trinajstić information content (AvgIpc) is 2.74. The maximum absolute atomic E-state index is 5.64. The first kappa shape index (κ1) is 10.5. The third kappa shape index (κ3) is 2.31. The number of nitrogens with two attached hydrogens (primary N) is 1. The molecule has 2 rings (SSSR count). The summed E-state index contributed by atoms with van der Waals surface area (Å²) in [5.41, 5.74) is 2.96. The van der Waals surface area contributed by atoms with Gasteiger partial charge in [-0.15, -0.1) is 11.3 Å². The Hall–Kier alpha value is -0.0300. The zero-order valence-electron chi connectivity index (χ0n) is 8.11. The molecule has 1 fully saturated rings. The number of rotatable bonds is 3. The first-order chi connectivity index (χ1) is 6.92. The minimum atomic E-state index is 0.347. The van der Waals surface area contributed by atoms with Crippen molar-refractivity contribution in [1.82, 2.24) is 5.43 Å². The molecule has 0 spiro atoms. The molecule has 0 bridgehead atoms. The Kier molecular flexibility index (Phi) is 3.87. The van der Waals surface area contributed by atoms with E-state index < -0.39 is 0 Å². The smallest absolute Gasteiger partial charge is 0.0671 e. The lowest BCUT2D eigenvalue weighted by atomic mass is 10.1. The van der Waals surface area contributed by atoms with Crippen LogP contribution in [0.15, 0.2) is 17.5 Å². The molecule has 2 nitrogen and oxygen atoms in total. The maximum Gasteiger partial charge on any atom is 0.0671 e. The Balaban J connectivity index is 2.04. The largest absolute Gasteiger partial charge is 0.271 e. The highest BCUT2D eigenvalue weighted by Gasteiger charge is 2.25. The third-order valence-corrected chi connectivity index (χ3v) is 5.03. The molecule has 1 aliphatic rings. The predicted octanol–water partition coefficient (Wildman–Crippen LogP) is 2.54. The summed E-state index contributed by atoms with van der Waals surface area (Å²) in [6.07, 6.45) is 4.00. The van der Waals surface area contributed by atoms with Gasteiger partial charge in [0.05, 0.1) is 6.04 Å². The van der Waals surface area contributed by atoms with Crippen LogP contribution < -0.4 is 11.3 Å². The van der Waals surface area contributed by atoms with Crippen LogP contribution in [0.4, 0.5) is 0 Å². The van der Waals surface area contributed by atoms with Crippen molar-refractivity contribution in [2.24, 2.45) is 5.84 Å². The van der Waals surface area contributed by atoms with E-state index in [9.17, 15) is 0 Å². The Morgan fingerprint density at radius 2 is 2.43 bits per heavy atom. The van der Waals surface area contributed by atoms with E-state index in [0.717, 1.165) is 0 Å². The molecule has 1 aromatic heterocycles. The zero-order chi connectivity index (χ0) is 9.80. The topological polar surface area (TPSA) is 38.0 Å². The Morgan fingerprint density at radius 1 is 1.50 bits per heavy atom. The SMILES string of the molecule is NNC(c1cccs1)C1CCCCS1. The molecule has 78 valence electrons. The lowest BCUT2D eigenvalue weighted by Crippen LogP contribution is -2.35. The zero-order valence-corrected chi connectivity index (χ0v) is 9.74. The molecule has 1 aromatic rings. The highest BCUT2D eigenvalue weighted by molar-refractivity contribution is 8.00. The third-order valence-electron chi connectivity index (χ3n) is 2.62. The lowest BCUT2D eigenvalue weighted by Gasteiger charge is -2.28. The van der Waals surface area contributed by atoms with E-state index in [1.54, 1.807) is 11.3 Å². The standard InChI is InChI=1S/C10H16N2S2/c11-12-10(9-5-3-7-14-9)8-4-1-2-6-13-8/h3,5,7-8,10,12H,1-2,4,6,11H2. The summed E-state index contributed by atoms with van der Waals surface area (Å²) >= 11 is 3.85. The average molecular weight is 228 g/mol. The minimum Gasteiger partial charge on any atom is -0.271 e. The number of hydrogen-bond donors (Lipinski definition) is 2. The molecule has 2 atom stereocenters. The Bertz CT molecular complexity index is 255. The molecule has 2 unspecified atom stereocenters. The number of hydrazine groups is 1. The van der Waals surface area contributed by atoms with Gasteiger partial charge < -0.3 is 0 Å². The monoisotopic (exact) mass is 228 g/mol. The van der Waals surface area contributed by atoms with Crippen LogP contribution in [-0.2, 0) is 0 Å². The van der Waals surface area contributed by atoms with Gasteiger partial charge in [0.1, 0.15) is 0 Å². The van der Waals surface area contributed by atoms with E-state index in [4.69, 9.17) is 5.84 Å². The Morgan fingerprint density at radius 3 is 3.00 bits per heavy atom. The fourth-order valence-electron chi connectivity index (χ4n) is 1.87. The van der Waals surface area contributed by atoms with Crippen molar-refractivity contribution in [3.63, 3.8) is 0 Å². The molecule has 3 N–H and O–H groups in total. The normalized spacial score (nSPS) is 24.8. The fraction of sp³-hybridized carbons (Fsp3) is 0.600. The molecule has 0 amide bonds. The van der Waals surface area contributed by atoms with E-state index in [1.807, 2.05) is 0 Å². The van der Waals surface area contributed by atoms with Gasteiger partial charge in [0.15, 0.2) is 0 Å². The first-order valence-corrected chi connectivity index (χ1v) is 6.96. The number of nitrogens with one attached hydrogen (secondary N) is 1. The van der Waals surface area contributed by atoms with Crippen molar-refractivity contribution in [2.45, 2.75) is 30.6 Å². The van der Waals surface area contributed by atoms with Gasteiger partial charge in [-0.1, -0.05) is 12.5 Å². The van der Waals surface area contributed by atoms with Gasteiger partial charge in [-0.25, -0.2) is 0 Å². The molecule has 2 heterocycles. The van der Waals surface area contributed by atoms with E-state index in [-0.39, 0.29) is 0 Å². The van der Waals surface area contributed by atoms with Gasteiger partial charge in [-0.2, -0.15) is 11.8 Å². The fourth-order valence-corrected chi connectivity index (χ4v) is 4.23. The van der Waals surface area contributed by atoms with Crippen molar-refractivity contribution in [3.05, 3.63) is 22.4 Å². The molecule has 0 saturated carbocycles. The molecule has 0 radical (unpaired) electrons. The van der Waals surface area contributed by atoms with Crippen LogP contribution in [0.1, 0.15) is 30.2 Å². The van der Waals surface area contributed by atoms with Crippen LogP contribution in [0.25, 0.3) is 0 Å². The molecule has 14 heavy (non-hydrogen) atoms. The summed E-state index contributed by atoms with van der Waals surface area (Å²) < 4.78 is 0. The van der Waals surface area contributed by atoms with Crippen molar-refractivity contribution < 1.29 is 0 Å². The highest BCUT2D eigenvalue weighted by atomic mass is 32.2. The molecule has 1 aliphatic heterocycles. The first-order valence-electron chi connectivity index (χ1n) is 5.03. The van der Waals surface area contributed by atoms with Crippen LogP contribution in [0.2, 0.25) is 0 Å². The van der Waals surface area contributed by atoms with Crippen molar-refractivity contribution in [3.8, 4) is 0 Å². The molecular formula is C10H16N2S2. The molecule has 0 aliphatic carbocycles. The van der Waals surface area contributed by atoms with Crippen LogP contribution in [0.3, 0.4) is 0 Å². The van der Waals surface area contributed by atoms with Crippen molar-refractivity contribution in [1.29, 1.82) is 0 Å². The van der Waals surface area contributed by atoms with Gasteiger partial charge in [0.25, 0.3) is 0 Å². The van der Waals surface area contributed by atoms with Gasteiger partial charge in [-0.05, 0) is 30.0 Å². The van der Waals surface area contributed by atoms with E-state index in [2.05, 4.69) is 34.7 Å². The molecule has 0 aromatic carbocycles. The molecule has 4 heteroatoms. The van der Waals surface area contributed by atoms with Crippen LogP contribution >= 0.6 is 23.1 Å². The van der Waals surface area contributed by atoms with E-state index in [1.165, 1.54) is 29.9 Å². The minimum absolute atomic E-state index is 0.347. The van der Waals surface area contributed by atoms with Crippen LogP contribution in [0, 0.1) is 0 Å². The van der Waals surface area contributed by atoms with Gasteiger partial charge >= 0.3 is 0 Å². The van der Waals surface area contributed by atoms with Gasteiger partial charge in [0.2, 0.25) is 0 Å².